The van der Waals surface area contributed by atoms with Gasteiger partial charge in [-0.3, -0.25) is 9.48 Å². The second kappa shape index (κ2) is 5.52. The molecule has 0 saturated carbocycles. The average Bonchev–Trinajstić information content (AvgIpc) is 2.74. The van der Waals surface area contributed by atoms with Crippen LogP contribution in [0.2, 0.25) is 0 Å². The third-order valence-electron chi connectivity index (χ3n) is 3.79. The minimum Gasteiger partial charge on any atom is -0.338 e. The summed E-state index contributed by atoms with van der Waals surface area (Å²) in [6.07, 6.45) is 6.32. The topological polar surface area (TPSA) is 64.2 Å². The molecular formula is C13H22N4O. The zero-order valence-electron chi connectivity index (χ0n) is 11.2. The van der Waals surface area contributed by atoms with E-state index in [1.165, 1.54) is 6.42 Å². The number of aryl methyl sites for hydroxylation is 1. The Kier molecular flexibility index (Phi) is 4.01. The Morgan fingerprint density at radius 3 is 3.00 bits per heavy atom. The number of nitrogens with two attached hydrogens (primary N) is 1. The van der Waals surface area contributed by atoms with Crippen LogP contribution in [0.25, 0.3) is 0 Å². The van der Waals surface area contributed by atoms with Gasteiger partial charge in [0.15, 0.2) is 0 Å². The van der Waals surface area contributed by atoms with Crippen molar-refractivity contribution in [2.75, 3.05) is 13.1 Å². The van der Waals surface area contributed by atoms with Crippen LogP contribution in [-0.4, -0.2) is 39.7 Å². The summed E-state index contributed by atoms with van der Waals surface area (Å²) in [7, 11) is 1.86. The Balaban J connectivity index is 2.03. The lowest BCUT2D eigenvalue weighted by Crippen LogP contribution is -2.51. The molecule has 0 unspecified atom stereocenters. The fraction of sp³-hybridized carbons (Fsp3) is 0.692. The quantitative estimate of drug-likeness (QED) is 0.852. The van der Waals surface area contributed by atoms with Crippen LogP contribution in [0, 0.1) is 5.92 Å². The van der Waals surface area contributed by atoms with Crippen molar-refractivity contribution in [3.8, 4) is 0 Å². The number of piperidine rings is 1. The van der Waals surface area contributed by atoms with E-state index >= 15 is 0 Å². The molecule has 1 aliphatic rings. The molecule has 0 radical (unpaired) electrons. The molecule has 1 fully saturated rings. The highest BCUT2D eigenvalue weighted by Crippen LogP contribution is 2.23. The van der Waals surface area contributed by atoms with E-state index in [4.69, 9.17) is 5.73 Å². The molecule has 1 aromatic rings. The fourth-order valence-corrected chi connectivity index (χ4v) is 2.76. The van der Waals surface area contributed by atoms with E-state index in [9.17, 15) is 4.79 Å². The molecular weight excluding hydrogens is 228 g/mol. The van der Waals surface area contributed by atoms with E-state index in [0.717, 1.165) is 18.5 Å². The summed E-state index contributed by atoms with van der Waals surface area (Å²) < 4.78 is 1.72. The Bertz CT molecular complexity index is 415. The Hall–Kier alpha value is -1.36. The summed E-state index contributed by atoms with van der Waals surface area (Å²) >= 11 is 0. The maximum absolute atomic E-state index is 12.3. The van der Waals surface area contributed by atoms with Crippen molar-refractivity contribution in [1.82, 2.24) is 14.7 Å². The van der Waals surface area contributed by atoms with Gasteiger partial charge in [-0.2, -0.15) is 5.10 Å². The molecule has 0 aromatic carbocycles. The molecule has 1 saturated heterocycles. The van der Waals surface area contributed by atoms with Crippen LogP contribution in [-0.2, 0) is 18.3 Å². The molecule has 2 rings (SSSR count). The zero-order valence-corrected chi connectivity index (χ0v) is 11.2. The highest BCUT2D eigenvalue weighted by atomic mass is 16.2. The summed E-state index contributed by atoms with van der Waals surface area (Å²) in [6, 6.07) is 0.197. The van der Waals surface area contributed by atoms with Gasteiger partial charge in [0, 0.05) is 32.4 Å². The molecule has 18 heavy (non-hydrogen) atoms. The first-order valence-corrected chi connectivity index (χ1v) is 6.59. The average molecular weight is 250 g/mol. The number of hydrogen-bond acceptors (Lipinski definition) is 3. The van der Waals surface area contributed by atoms with Crippen LogP contribution < -0.4 is 5.73 Å². The van der Waals surface area contributed by atoms with Crippen molar-refractivity contribution >= 4 is 5.91 Å². The molecule has 0 bridgehead atoms. The van der Waals surface area contributed by atoms with Crippen molar-refractivity contribution in [1.29, 1.82) is 0 Å². The van der Waals surface area contributed by atoms with E-state index < -0.39 is 0 Å². The molecule has 1 aliphatic heterocycles. The summed E-state index contributed by atoms with van der Waals surface area (Å²) in [5, 5.41) is 4.09. The second-order valence-electron chi connectivity index (χ2n) is 5.21. The molecule has 0 aliphatic carbocycles. The van der Waals surface area contributed by atoms with Crippen LogP contribution in [0.15, 0.2) is 12.4 Å². The van der Waals surface area contributed by atoms with Crippen LogP contribution >= 0.6 is 0 Å². The van der Waals surface area contributed by atoms with E-state index in [1.54, 1.807) is 10.9 Å². The summed E-state index contributed by atoms with van der Waals surface area (Å²) in [5.41, 5.74) is 6.78. The van der Waals surface area contributed by atoms with Gasteiger partial charge in [0.05, 0.1) is 12.6 Å². The molecule has 5 heteroatoms. The first kappa shape index (κ1) is 13.1. The standard InChI is InChI=1S/C13H22N4O/c1-10-4-3-5-17(12(10)7-14)13(18)6-11-8-15-16(2)9-11/h8-10,12H,3-7,14H2,1-2H3/t10-,12-/m0/s1. The van der Waals surface area contributed by atoms with Gasteiger partial charge in [-0.25, -0.2) is 0 Å². The van der Waals surface area contributed by atoms with Crippen LogP contribution in [0.5, 0.6) is 0 Å². The number of carbonyl (C=O) groups is 1. The van der Waals surface area contributed by atoms with Crippen molar-refractivity contribution in [2.45, 2.75) is 32.2 Å². The van der Waals surface area contributed by atoms with Gasteiger partial charge in [0.1, 0.15) is 0 Å². The predicted octanol–water partition coefficient (Wildman–Crippen LogP) is 0.548. The number of aromatic nitrogens is 2. The summed E-state index contributed by atoms with van der Waals surface area (Å²) in [6.45, 7) is 3.58. The number of rotatable bonds is 3. The Morgan fingerprint density at radius 1 is 1.61 bits per heavy atom. The summed E-state index contributed by atoms with van der Waals surface area (Å²) in [4.78, 5) is 14.3. The fourth-order valence-electron chi connectivity index (χ4n) is 2.76. The lowest BCUT2D eigenvalue weighted by atomic mass is 9.90. The van der Waals surface area contributed by atoms with Gasteiger partial charge in [-0.05, 0) is 24.3 Å². The first-order valence-electron chi connectivity index (χ1n) is 6.59. The van der Waals surface area contributed by atoms with Gasteiger partial charge in [-0.15, -0.1) is 0 Å². The lowest BCUT2D eigenvalue weighted by molar-refractivity contribution is -0.135. The number of likely N-dealkylation sites (tertiary alicyclic amines) is 1. The van der Waals surface area contributed by atoms with Crippen LogP contribution in [0.4, 0.5) is 0 Å². The molecule has 1 amide bonds. The Labute approximate surface area is 108 Å². The van der Waals surface area contributed by atoms with Gasteiger partial charge < -0.3 is 10.6 Å². The number of hydrogen-bond donors (Lipinski definition) is 1. The molecule has 2 atom stereocenters. The van der Waals surface area contributed by atoms with Crippen molar-refractivity contribution in [2.24, 2.45) is 18.7 Å². The van der Waals surface area contributed by atoms with Crippen LogP contribution in [0.1, 0.15) is 25.3 Å². The summed E-state index contributed by atoms with van der Waals surface area (Å²) in [5.74, 6) is 0.673. The second-order valence-corrected chi connectivity index (χ2v) is 5.21. The number of amides is 1. The van der Waals surface area contributed by atoms with Gasteiger partial charge in [0.25, 0.3) is 0 Å². The van der Waals surface area contributed by atoms with E-state index in [0.29, 0.717) is 18.9 Å². The highest BCUT2D eigenvalue weighted by molar-refractivity contribution is 5.79. The van der Waals surface area contributed by atoms with Crippen molar-refractivity contribution in [3.05, 3.63) is 18.0 Å². The largest absolute Gasteiger partial charge is 0.338 e. The van der Waals surface area contributed by atoms with Gasteiger partial charge in [0.2, 0.25) is 5.91 Å². The third kappa shape index (κ3) is 2.72. The lowest BCUT2D eigenvalue weighted by Gasteiger charge is -2.39. The third-order valence-corrected chi connectivity index (χ3v) is 3.79. The monoisotopic (exact) mass is 250 g/mol. The minimum atomic E-state index is 0.171. The van der Waals surface area contributed by atoms with Crippen molar-refractivity contribution < 1.29 is 4.79 Å². The number of carbonyl (C=O) groups excluding carboxylic acids is 1. The van der Waals surface area contributed by atoms with Crippen LogP contribution in [0.3, 0.4) is 0 Å². The maximum atomic E-state index is 12.3. The normalized spacial score (nSPS) is 24.3. The van der Waals surface area contributed by atoms with Gasteiger partial charge >= 0.3 is 0 Å². The van der Waals surface area contributed by atoms with E-state index in [-0.39, 0.29) is 11.9 Å². The smallest absolute Gasteiger partial charge is 0.227 e. The number of nitrogens with zero attached hydrogens (tertiary/aromatic N) is 3. The highest BCUT2D eigenvalue weighted by Gasteiger charge is 2.30. The molecule has 2 N–H and O–H groups in total. The SMILES string of the molecule is C[C@H]1CCCN(C(=O)Cc2cnn(C)c2)[C@H]1CN. The maximum Gasteiger partial charge on any atom is 0.227 e. The molecule has 2 heterocycles. The molecule has 5 nitrogen and oxygen atoms in total. The zero-order chi connectivity index (χ0) is 13.1. The minimum absolute atomic E-state index is 0.171. The van der Waals surface area contributed by atoms with E-state index in [2.05, 4.69) is 12.0 Å². The predicted molar refractivity (Wildman–Crippen MR) is 69.9 cm³/mol. The Morgan fingerprint density at radius 2 is 2.39 bits per heavy atom. The molecule has 1 aromatic heterocycles. The first-order chi connectivity index (χ1) is 8.61. The van der Waals surface area contributed by atoms with E-state index in [1.807, 2.05) is 18.1 Å². The van der Waals surface area contributed by atoms with Gasteiger partial charge in [-0.1, -0.05) is 6.92 Å². The molecule has 100 valence electrons. The molecule has 0 spiro atoms. The van der Waals surface area contributed by atoms with Crippen molar-refractivity contribution in [3.63, 3.8) is 0 Å².